The molecule has 2 aromatic rings. The number of hydrogen-bond acceptors (Lipinski definition) is 3. The number of phenols is 1. The number of nitrogens with zero attached hydrogens (tertiary/aromatic N) is 2. The second kappa shape index (κ2) is 4.28. The Balaban J connectivity index is 2.81. The summed E-state index contributed by atoms with van der Waals surface area (Å²) in [6.07, 6.45) is 1.59. The summed E-state index contributed by atoms with van der Waals surface area (Å²) in [6, 6.07) is 5.04. The van der Waals surface area contributed by atoms with Crippen molar-refractivity contribution in [3.8, 4) is 5.75 Å². The second-order valence-electron chi connectivity index (χ2n) is 3.21. The summed E-state index contributed by atoms with van der Waals surface area (Å²) in [4.78, 5) is 8.07. The first kappa shape index (κ1) is 11.2. The van der Waals surface area contributed by atoms with Gasteiger partial charge in [-0.25, -0.2) is 4.98 Å². The molecule has 82 valence electrons. The molecule has 0 bridgehead atoms. The largest absolute Gasteiger partial charge is 0.504 e. The Morgan fingerprint density at radius 3 is 2.75 bits per heavy atom. The van der Waals surface area contributed by atoms with Gasteiger partial charge in [0.15, 0.2) is 5.75 Å². The molecule has 0 aliphatic carbocycles. The minimum Gasteiger partial charge on any atom is -0.504 e. The topological polar surface area (TPSA) is 45.5 Å². The van der Waals surface area contributed by atoms with E-state index in [9.17, 15) is 5.11 Å². The molecule has 1 heterocycles. The summed E-state index contributed by atoms with van der Waals surface area (Å²) >= 11 is 11.8. The molecule has 0 aliphatic heterocycles. The summed E-state index contributed by atoms with van der Waals surface area (Å²) in [7, 11) is 1.65. The van der Waals surface area contributed by atoms with E-state index in [1.165, 1.54) is 6.07 Å². The Bertz CT molecular complexity index is 582. The highest BCUT2D eigenvalue weighted by Gasteiger charge is 2.10. The van der Waals surface area contributed by atoms with Crippen molar-refractivity contribution in [2.24, 2.45) is 4.99 Å². The van der Waals surface area contributed by atoms with Gasteiger partial charge in [-0.2, -0.15) is 0 Å². The van der Waals surface area contributed by atoms with Gasteiger partial charge in [-0.15, -0.1) is 0 Å². The molecule has 2 rings (SSSR count). The van der Waals surface area contributed by atoms with Gasteiger partial charge in [-0.05, 0) is 18.2 Å². The standard InChI is InChI=1S/C11H8Cl2N2O/c1-14-5-6-2-3-7-8(12)4-9(13)11(16)10(7)15-6/h2-5,16H,1H3/b14-5+. The van der Waals surface area contributed by atoms with Crippen LogP contribution in [0.15, 0.2) is 23.2 Å². The monoisotopic (exact) mass is 254 g/mol. The second-order valence-corrected chi connectivity index (χ2v) is 4.02. The zero-order valence-corrected chi connectivity index (χ0v) is 9.92. The molecule has 5 heteroatoms. The van der Waals surface area contributed by atoms with E-state index < -0.39 is 0 Å². The number of hydrogen-bond donors (Lipinski definition) is 1. The van der Waals surface area contributed by atoms with Gasteiger partial charge in [0.1, 0.15) is 5.52 Å². The van der Waals surface area contributed by atoms with Crippen LogP contribution in [0.25, 0.3) is 10.9 Å². The van der Waals surface area contributed by atoms with Crippen LogP contribution >= 0.6 is 23.2 Å². The molecule has 0 amide bonds. The number of rotatable bonds is 1. The van der Waals surface area contributed by atoms with Crippen LogP contribution in [0.3, 0.4) is 0 Å². The Labute approximate surface area is 102 Å². The van der Waals surface area contributed by atoms with Crippen LogP contribution in [0.5, 0.6) is 5.75 Å². The fourth-order valence-electron chi connectivity index (χ4n) is 1.42. The van der Waals surface area contributed by atoms with Gasteiger partial charge in [0.2, 0.25) is 0 Å². The van der Waals surface area contributed by atoms with Crippen LogP contribution < -0.4 is 0 Å². The molecule has 0 radical (unpaired) electrons. The number of halogens is 2. The quantitative estimate of drug-likeness (QED) is 0.794. The lowest BCUT2D eigenvalue weighted by Crippen LogP contribution is -1.89. The third kappa shape index (κ3) is 1.84. The molecule has 0 atom stereocenters. The minimum atomic E-state index is -0.0626. The number of phenolic OH excluding ortho intramolecular Hbond substituents is 1. The van der Waals surface area contributed by atoms with E-state index in [0.29, 0.717) is 21.6 Å². The van der Waals surface area contributed by atoms with E-state index in [0.717, 1.165) is 0 Å². The molecule has 0 saturated heterocycles. The number of pyridine rings is 1. The SMILES string of the molecule is C/N=C/c1ccc2c(Cl)cc(Cl)c(O)c2n1. The number of fused-ring (bicyclic) bond motifs is 1. The van der Waals surface area contributed by atoms with Crippen molar-refractivity contribution in [1.29, 1.82) is 0 Å². The summed E-state index contributed by atoms with van der Waals surface area (Å²) in [5.41, 5.74) is 1.03. The zero-order chi connectivity index (χ0) is 11.7. The van der Waals surface area contributed by atoms with Gasteiger partial charge in [-0.1, -0.05) is 23.2 Å². The Morgan fingerprint density at radius 1 is 1.31 bits per heavy atom. The van der Waals surface area contributed by atoms with Crippen LogP contribution in [-0.4, -0.2) is 23.4 Å². The fraction of sp³-hybridized carbons (Fsp3) is 0.0909. The van der Waals surface area contributed by atoms with E-state index >= 15 is 0 Å². The molecule has 16 heavy (non-hydrogen) atoms. The molecular formula is C11H8Cl2N2O. The maximum atomic E-state index is 9.78. The lowest BCUT2D eigenvalue weighted by Gasteiger charge is -2.05. The van der Waals surface area contributed by atoms with Gasteiger partial charge in [0.25, 0.3) is 0 Å². The molecule has 1 aromatic heterocycles. The number of aliphatic imine (C=N–C) groups is 1. The lowest BCUT2D eigenvalue weighted by atomic mass is 10.2. The summed E-state index contributed by atoms with van der Waals surface area (Å²) in [6.45, 7) is 0. The van der Waals surface area contributed by atoms with Gasteiger partial charge in [-0.3, -0.25) is 4.99 Å². The molecule has 1 N–H and O–H groups in total. The van der Waals surface area contributed by atoms with Crippen molar-refractivity contribution >= 4 is 40.3 Å². The highest BCUT2D eigenvalue weighted by molar-refractivity contribution is 6.39. The van der Waals surface area contributed by atoms with Gasteiger partial charge < -0.3 is 5.11 Å². The van der Waals surface area contributed by atoms with Crippen molar-refractivity contribution in [3.63, 3.8) is 0 Å². The Hall–Kier alpha value is -1.32. The van der Waals surface area contributed by atoms with Gasteiger partial charge in [0.05, 0.1) is 15.7 Å². The average molecular weight is 255 g/mol. The predicted octanol–water partition coefficient (Wildman–Crippen LogP) is 3.30. The molecule has 0 unspecified atom stereocenters. The highest BCUT2D eigenvalue weighted by atomic mass is 35.5. The van der Waals surface area contributed by atoms with Crippen molar-refractivity contribution in [2.75, 3.05) is 7.05 Å². The van der Waals surface area contributed by atoms with Gasteiger partial charge in [0, 0.05) is 18.6 Å². The third-order valence-electron chi connectivity index (χ3n) is 2.14. The Kier molecular flexibility index (Phi) is 2.99. The molecule has 1 aromatic carbocycles. The normalized spacial score (nSPS) is 11.4. The number of benzene rings is 1. The van der Waals surface area contributed by atoms with Crippen molar-refractivity contribution in [3.05, 3.63) is 33.9 Å². The minimum absolute atomic E-state index is 0.0626. The smallest absolute Gasteiger partial charge is 0.160 e. The maximum absolute atomic E-state index is 9.78. The van der Waals surface area contributed by atoms with E-state index in [-0.39, 0.29) is 10.8 Å². The average Bonchev–Trinajstić information content (AvgIpc) is 2.26. The van der Waals surface area contributed by atoms with Crippen molar-refractivity contribution in [1.82, 2.24) is 4.98 Å². The molecule has 3 nitrogen and oxygen atoms in total. The number of aromatic hydroxyl groups is 1. The molecule has 0 spiro atoms. The highest BCUT2D eigenvalue weighted by Crippen LogP contribution is 2.35. The van der Waals surface area contributed by atoms with E-state index in [2.05, 4.69) is 9.98 Å². The van der Waals surface area contributed by atoms with Crippen LogP contribution in [-0.2, 0) is 0 Å². The first-order chi connectivity index (χ1) is 7.63. The molecule has 0 saturated carbocycles. The molecule has 0 aliphatic rings. The summed E-state index contributed by atoms with van der Waals surface area (Å²) in [5, 5.41) is 11.1. The van der Waals surface area contributed by atoms with Crippen molar-refractivity contribution < 1.29 is 5.11 Å². The Morgan fingerprint density at radius 2 is 2.06 bits per heavy atom. The van der Waals surface area contributed by atoms with Crippen LogP contribution in [0.4, 0.5) is 0 Å². The lowest BCUT2D eigenvalue weighted by molar-refractivity contribution is 0.480. The van der Waals surface area contributed by atoms with E-state index in [1.54, 1.807) is 25.4 Å². The van der Waals surface area contributed by atoms with Crippen LogP contribution in [0, 0.1) is 0 Å². The zero-order valence-electron chi connectivity index (χ0n) is 8.41. The van der Waals surface area contributed by atoms with E-state index in [4.69, 9.17) is 23.2 Å². The number of aromatic nitrogens is 1. The van der Waals surface area contributed by atoms with Gasteiger partial charge >= 0.3 is 0 Å². The fourth-order valence-corrected chi connectivity index (χ4v) is 1.94. The molecule has 0 fully saturated rings. The summed E-state index contributed by atoms with van der Waals surface area (Å²) in [5.74, 6) is -0.0626. The first-order valence-corrected chi connectivity index (χ1v) is 5.29. The predicted molar refractivity (Wildman–Crippen MR) is 66.9 cm³/mol. The van der Waals surface area contributed by atoms with Crippen LogP contribution in [0.2, 0.25) is 10.0 Å². The maximum Gasteiger partial charge on any atom is 0.160 e. The summed E-state index contributed by atoms with van der Waals surface area (Å²) < 4.78 is 0. The molecular weight excluding hydrogens is 247 g/mol. The third-order valence-corrected chi connectivity index (χ3v) is 2.74. The first-order valence-electron chi connectivity index (χ1n) is 4.53. The van der Waals surface area contributed by atoms with E-state index in [1.807, 2.05) is 0 Å². The van der Waals surface area contributed by atoms with Crippen molar-refractivity contribution in [2.45, 2.75) is 0 Å². The van der Waals surface area contributed by atoms with Crippen LogP contribution in [0.1, 0.15) is 5.69 Å².